The maximum Gasteiger partial charge on any atom is 0.0621 e. The monoisotopic (exact) mass is 314 g/mol. The highest BCUT2D eigenvalue weighted by molar-refractivity contribution is 6.36. The molecule has 0 aromatic heterocycles. The second-order valence-electron chi connectivity index (χ2n) is 4.39. The summed E-state index contributed by atoms with van der Waals surface area (Å²) in [5.74, 6) is 0. The van der Waals surface area contributed by atoms with Gasteiger partial charge in [0, 0.05) is 21.5 Å². The van der Waals surface area contributed by atoms with Gasteiger partial charge in [-0.05, 0) is 41.8 Å². The van der Waals surface area contributed by atoms with Crippen LogP contribution in [0.1, 0.15) is 11.1 Å². The van der Waals surface area contributed by atoms with Crippen molar-refractivity contribution in [2.24, 2.45) is 0 Å². The molecule has 0 bridgehead atoms. The summed E-state index contributed by atoms with van der Waals surface area (Å²) >= 11 is 18.1. The largest absolute Gasteiger partial charge is 0.392 e. The zero-order valence-electron chi connectivity index (χ0n) is 10.1. The molecule has 0 heterocycles. The summed E-state index contributed by atoms with van der Waals surface area (Å²) in [5.41, 5.74) is 1.77. The molecule has 0 aliphatic heterocycles. The number of halogens is 3. The lowest BCUT2D eigenvalue weighted by atomic mass is 10.0. The Bertz CT molecular complexity index is 549. The second kappa shape index (κ2) is 6.62. The molecule has 2 aromatic carbocycles. The zero-order chi connectivity index (χ0) is 13.8. The van der Waals surface area contributed by atoms with E-state index in [1.54, 1.807) is 18.2 Å². The quantitative estimate of drug-likeness (QED) is 0.860. The number of aliphatic hydroxyl groups is 1. The molecule has 0 fully saturated rings. The van der Waals surface area contributed by atoms with Crippen LogP contribution in [0.3, 0.4) is 0 Å². The fourth-order valence-corrected chi connectivity index (χ4v) is 2.74. The van der Waals surface area contributed by atoms with Gasteiger partial charge in [0.2, 0.25) is 0 Å². The van der Waals surface area contributed by atoms with Crippen LogP contribution in [0, 0.1) is 0 Å². The van der Waals surface area contributed by atoms with Crippen molar-refractivity contribution < 1.29 is 5.11 Å². The van der Waals surface area contributed by atoms with Crippen molar-refractivity contribution >= 4 is 34.8 Å². The molecule has 4 heteroatoms. The Balaban J connectivity index is 2.07. The predicted molar refractivity (Wildman–Crippen MR) is 81.3 cm³/mol. The van der Waals surface area contributed by atoms with Crippen molar-refractivity contribution in [3.8, 4) is 0 Å². The number of hydrogen-bond acceptors (Lipinski definition) is 1. The van der Waals surface area contributed by atoms with Crippen LogP contribution in [0.5, 0.6) is 0 Å². The highest BCUT2D eigenvalue weighted by atomic mass is 35.5. The van der Waals surface area contributed by atoms with Crippen LogP contribution in [0.15, 0.2) is 42.5 Å². The van der Waals surface area contributed by atoms with E-state index in [0.717, 1.165) is 11.1 Å². The molecule has 2 aromatic rings. The molecule has 1 atom stereocenters. The minimum absolute atomic E-state index is 0.422. The topological polar surface area (TPSA) is 20.2 Å². The fraction of sp³-hybridized carbons (Fsp3) is 0.200. The zero-order valence-corrected chi connectivity index (χ0v) is 12.4. The van der Waals surface area contributed by atoms with Crippen molar-refractivity contribution in [2.45, 2.75) is 18.9 Å². The SMILES string of the molecule is OC(Cc1cccc(Cl)c1)Cc1c(Cl)cccc1Cl. The predicted octanol–water partition coefficient (Wildman–Crippen LogP) is 4.79. The molecule has 1 N–H and O–H groups in total. The summed E-state index contributed by atoms with van der Waals surface area (Å²) in [6.45, 7) is 0. The standard InChI is InChI=1S/C15H13Cl3O/c16-11-4-1-3-10(7-11)8-12(19)9-13-14(17)5-2-6-15(13)18/h1-7,12,19H,8-9H2. The lowest BCUT2D eigenvalue weighted by Crippen LogP contribution is -2.14. The summed E-state index contributed by atoms with van der Waals surface area (Å²) in [6, 6.07) is 12.8. The molecule has 0 spiro atoms. The van der Waals surface area contributed by atoms with Crippen molar-refractivity contribution in [3.05, 3.63) is 68.7 Å². The minimum Gasteiger partial charge on any atom is -0.392 e. The molecule has 1 nitrogen and oxygen atoms in total. The van der Waals surface area contributed by atoms with Crippen LogP contribution in [0.2, 0.25) is 15.1 Å². The highest BCUT2D eigenvalue weighted by Gasteiger charge is 2.12. The molecular weight excluding hydrogens is 303 g/mol. The van der Waals surface area contributed by atoms with E-state index in [1.807, 2.05) is 24.3 Å². The number of aliphatic hydroxyl groups excluding tert-OH is 1. The van der Waals surface area contributed by atoms with Crippen molar-refractivity contribution in [3.63, 3.8) is 0 Å². The molecule has 19 heavy (non-hydrogen) atoms. The third-order valence-corrected chi connectivity index (χ3v) is 3.81. The van der Waals surface area contributed by atoms with Gasteiger partial charge in [-0.3, -0.25) is 0 Å². The Kier molecular flexibility index (Phi) is 5.12. The third kappa shape index (κ3) is 4.12. The van der Waals surface area contributed by atoms with E-state index in [0.29, 0.717) is 27.9 Å². The van der Waals surface area contributed by atoms with Gasteiger partial charge >= 0.3 is 0 Å². The maximum atomic E-state index is 10.1. The first-order chi connectivity index (χ1) is 9.06. The van der Waals surface area contributed by atoms with Crippen molar-refractivity contribution in [1.82, 2.24) is 0 Å². The first kappa shape index (κ1) is 14.7. The molecule has 0 saturated heterocycles. The molecule has 2 rings (SSSR count). The average Bonchev–Trinajstić information content (AvgIpc) is 2.34. The first-order valence-electron chi connectivity index (χ1n) is 5.91. The fourth-order valence-electron chi connectivity index (χ4n) is 1.97. The third-order valence-electron chi connectivity index (χ3n) is 2.86. The Labute approximate surface area is 127 Å². The minimum atomic E-state index is -0.545. The van der Waals surface area contributed by atoms with E-state index < -0.39 is 6.10 Å². The lowest BCUT2D eigenvalue weighted by molar-refractivity contribution is 0.175. The van der Waals surface area contributed by atoms with Crippen LogP contribution in [0.4, 0.5) is 0 Å². The van der Waals surface area contributed by atoms with Gasteiger partial charge in [-0.2, -0.15) is 0 Å². The normalized spacial score (nSPS) is 12.4. The Morgan fingerprint density at radius 1 is 0.895 bits per heavy atom. The average molecular weight is 316 g/mol. The van der Waals surface area contributed by atoms with Gasteiger partial charge in [0.15, 0.2) is 0 Å². The van der Waals surface area contributed by atoms with Gasteiger partial charge in [-0.15, -0.1) is 0 Å². The Hall–Kier alpha value is -0.730. The summed E-state index contributed by atoms with van der Waals surface area (Å²) in [4.78, 5) is 0. The number of rotatable bonds is 4. The van der Waals surface area contributed by atoms with Crippen LogP contribution >= 0.6 is 34.8 Å². The summed E-state index contributed by atoms with van der Waals surface area (Å²) in [6.07, 6.45) is 0.392. The van der Waals surface area contributed by atoms with Gasteiger partial charge in [-0.1, -0.05) is 53.0 Å². The second-order valence-corrected chi connectivity index (χ2v) is 5.64. The van der Waals surface area contributed by atoms with Gasteiger partial charge in [0.25, 0.3) is 0 Å². The van der Waals surface area contributed by atoms with Crippen molar-refractivity contribution in [1.29, 1.82) is 0 Å². The first-order valence-corrected chi connectivity index (χ1v) is 7.05. The molecule has 1 unspecified atom stereocenters. The highest BCUT2D eigenvalue weighted by Crippen LogP contribution is 2.26. The molecule has 0 aliphatic carbocycles. The number of hydrogen-bond donors (Lipinski definition) is 1. The molecule has 100 valence electrons. The molecule has 0 radical (unpaired) electrons. The van der Waals surface area contributed by atoms with Crippen LogP contribution < -0.4 is 0 Å². The van der Waals surface area contributed by atoms with Crippen LogP contribution in [-0.4, -0.2) is 11.2 Å². The van der Waals surface area contributed by atoms with E-state index in [4.69, 9.17) is 34.8 Å². The number of benzene rings is 2. The Morgan fingerprint density at radius 2 is 1.53 bits per heavy atom. The van der Waals surface area contributed by atoms with E-state index in [2.05, 4.69) is 0 Å². The van der Waals surface area contributed by atoms with E-state index >= 15 is 0 Å². The molecule has 0 amide bonds. The molecule has 0 saturated carbocycles. The maximum absolute atomic E-state index is 10.1. The van der Waals surface area contributed by atoms with E-state index in [1.165, 1.54) is 0 Å². The smallest absolute Gasteiger partial charge is 0.0621 e. The van der Waals surface area contributed by atoms with Gasteiger partial charge in [-0.25, -0.2) is 0 Å². The lowest BCUT2D eigenvalue weighted by Gasteiger charge is -2.13. The van der Waals surface area contributed by atoms with Crippen LogP contribution in [0.25, 0.3) is 0 Å². The summed E-state index contributed by atoms with van der Waals surface area (Å²) in [7, 11) is 0. The Morgan fingerprint density at radius 3 is 2.16 bits per heavy atom. The van der Waals surface area contributed by atoms with Gasteiger partial charge in [0.1, 0.15) is 0 Å². The van der Waals surface area contributed by atoms with Gasteiger partial charge < -0.3 is 5.11 Å². The van der Waals surface area contributed by atoms with Gasteiger partial charge in [0.05, 0.1) is 6.10 Å². The summed E-state index contributed by atoms with van der Waals surface area (Å²) in [5, 5.41) is 12.0. The molecular formula is C15H13Cl3O. The van der Waals surface area contributed by atoms with Crippen molar-refractivity contribution in [2.75, 3.05) is 0 Å². The van der Waals surface area contributed by atoms with Crippen LogP contribution in [-0.2, 0) is 12.8 Å². The van der Waals surface area contributed by atoms with E-state index in [-0.39, 0.29) is 0 Å². The summed E-state index contributed by atoms with van der Waals surface area (Å²) < 4.78 is 0. The molecule has 0 aliphatic rings. The van der Waals surface area contributed by atoms with E-state index in [9.17, 15) is 5.11 Å².